The summed E-state index contributed by atoms with van der Waals surface area (Å²) in [6.07, 6.45) is 0. The molecule has 0 fully saturated rings. The van der Waals surface area contributed by atoms with Crippen molar-refractivity contribution in [2.45, 2.75) is 0 Å². The number of fused-ring (bicyclic) bond motifs is 6. The van der Waals surface area contributed by atoms with Crippen LogP contribution in [0.5, 0.6) is 0 Å². The van der Waals surface area contributed by atoms with Crippen LogP contribution in [-0.4, -0.2) is 4.57 Å². The van der Waals surface area contributed by atoms with E-state index in [1.807, 2.05) is 6.07 Å². The van der Waals surface area contributed by atoms with Crippen LogP contribution in [0, 0.1) is 0 Å². The third-order valence-electron chi connectivity index (χ3n) is 11.2. The normalized spacial score (nSPS) is 11.6. The van der Waals surface area contributed by atoms with Gasteiger partial charge in [0.1, 0.15) is 11.2 Å². The van der Waals surface area contributed by atoms with Gasteiger partial charge in [-0.2, -0.15) is 0 Å². The minimum Gasteiger partial charge on any atom is -0.455 e. The third kappa shape index (κ3) is 5.42. The lowest BCUT2D eigenvalue weighted by Gasteiger charge is -2.13. The fourth-order valence-corrected chi connectivity index (χ4v) is 8.46. The first-order valence-electron chi connectivity index (χ1n) is 19.2. The molecule has 2 heterocycles. The Morgan fingerprint density at radius 1 is 0.286 bits per heavy atom. The lowest BCUT2D eigenvalue weighted by molar-refractivity contribution is 0.670. The quantitative estimate of drug-likeness (QED) is 0.168. The molecule has 0 radical (unpaired) electrons. The Labute approximate surface area is 325 Å². The van der Waals surface area contributed by atoms with Gasteiger partial charge in [-0.1, -0.05) is 152 Å². The number of rotatable bonds is 6. The summed E-state index contributed by atoms with van der Waals surface area (Å²) in [4.78, 5) is 0. The number of nitrogens with zero attached hydrogens (tertiary/aromatic N) is 1. The smallest absolute Gasteiger partial charge is 0.143 e. The Kier molecular flexibility index (Phi) is 7.53. The predicted octanol–water partition coefficient (Wildman–Crippen LogP) is 15.0. The molecule has 262 valence electrons. The summed E-state index contributed by atoms with van der Waals surface area (Å²) in [7, 11) is 0. The van der Waals surface area contributed by atoms with E-state index in [2.05, 4.69) is 211 Å². The molecule has 2 aromatic heterocycles. The first-order chi connectivity index (χ1) is 27.7. The van der Waals surface area contributed by atoms with Crippen molar-refractivity contribution in [2.75, 3.05) is 0 Å². The van der Waals surface area contributed by atoms with E-state index in [9.17, 15) is 0 Å². The predicted molar refractivity (Wildman–Crippen MR) is 235 cm³/mol. The van der Waals surface area contributed by atoms with Crippen LogP contribution in [0.25, 0.3) is 105 Å². The molecule has 0 saturated heterocycles. The molecule has 2 heteroatoms. The van der Waals surface area contributed by atoms with Crippen LogP contribution in [0.1, 0.15) is 0 Å². The molecule has 0 aliphatic rings. The van der Waals surface area contributed by atoms with E-state index in [0.717, 1.165) is 49.9 Å². The molecule has 11 aromatic rings. The van der Waals surface area contributed by atoms with Crippen molar-refractivity contribution in [1.29, 1.82) is 0 Å². The van der Waals surface area contributed by atoms with Crippen LogP contribution >= 0.6 is 0 Å². The maximum Gasteiger partial charge on any atom is 0.143 e. The van der Waals surface area contributed by atoms with Crippen LogP contribution in [0.15, 0.2) is 217 Å². The summed E-state index contributed by atoms with van der Waals surface area (Å²) in [5.74, 6) is 0. The lowest BCUT2D eigenvalue weighted by atomic mass is 9.91. The van der Waals surface area contributed by atoms with Gasteiger partial charge in [0.25, 0.3) is 0 Å². The topological polar surface area (TPSA) is 18.1 Å². The van der Waals surface area contributed by atoms with Crippen molar-refractivity contribution in [3.63, 3.8) is 0 Å². The summed E-state index contributed by atoms with van der Waals surface area (Å²) in [5, 5.41) is 4.72. The molecule has 0 unspecified atom stereocenters. The lowest BCUT2D eigenvalue weighted by Crippen LogP contribution is -1.93. The van der Waals surface area contributed by atoms with Crippen molar-refractivity contribution in [3.8, 4) is 61.3 Å². The number of hydrogen-bond donors (Lipinski definition) is 0. The number of para-hydroxylation sites is 3. The second-order valence-corrected chi connectivity index (χ2v) is 14.5. The number of benzene rings is 9. The molecule has 0 spiro atoms. The molecule has 0 aliphatic heterocycles. The molecule has 56 heavy (non-hydrogen) atoms. The first-order valence-corrected chi connectivity index (χ1v) is 19.2. The highest BCUT2D eigenvalue weighted by Crippen LogP contribution is 2.41. The fourth-order valence-electron chi connectivity index (χ4n) is 8.46. The SMILES string of the molecule is c1ccc(-c2ccc(-n3c4ccccc4c4cc(-c5cc(-c6cccc(-c7ccccc7)c6)cc(-c6cccc7c6oc6ccccc67)c5)ccc43)cc2)cc1. The van der Waals surface area contributed by atoms with E-state index in [0.29, 0.717) is 0 Å². The van der Waals surface area contributed by atoms with Gasteiger partial charge in [-0.3, -0.25) is 0 Å². The molecule has 9 aromatic carbocycles. The second-order valence-electron chi connectivity index (χ2n) is 14.5. The van der Waals surface area contributed by atoms with Crippen LogP contribution < -0.4 is 0 Å². The summed E-state index contributed by atoms with van der Waals surface area (Å²) in [6.45, 7) is 0. The van der Waals surface area contributed by atoms with Crippen molar-refractivity contribution < 1.29 is 4.42 Å². The largest absolute Gasteiger partial charge is 0.455 e. The van der Waals surface area contributed by atoms with Crippen LogP contribution in [0.3, 0.4) is 0 Å². The van der Waals surface area contributed by atoms with Gasteiger partial charge in [0.2, 0.25) is 0 Å². The molecule has 11 rings (SSSR count). The zero-order chi connectivity index (χ0) is 37.0. The van der Waals surface area contributed by atoms with Crippen LogP contribution in [0.4, 0.5) is 0 Å². The van der Waals surface area contributed by atoms with Crippen LogP contribution in [0.2, 0.25) is 0 Å². The molecule has 0 atom stereocenters. The third-order valence-corrected chi connectivity index (χ3v) is 11.2. The zero-order valence-corrected chi connectivity index (χ0v) is 30.6. The highest BCUT2D eigenvalue weighted by Gasteiger charge is 2.17. The average molecular weight is 714 g/mol. The molecular weight excluding hydrogens is 679 g/mol. The van der Waals surface area contributed by atoms with Crippen molar-refractivity contribution >= 4 is 43.7 Å². The molecule has 0 saturated carbocycles. The molecule has 2 nitrogen and oxygen atoms in total. The van der Waals surface area contributed by atoms with E-state index < -0.39 is 0 Å². The number of aromatic nitrogens is 1. The van der Waals surface area contributed by atoms with Gasteiger partial charge in [-0.15, -0.1) is 0 Å². The van der Waals surface area contributed by atoms with Gasteiger partial charge in [0.15, 0.2) is 0 Å². The Bertz CT molecular complexity index is 3220. The molecular formula is C54H35NO. The van der Waals surface area contributed by atoms with E-state index in [4.69, 9.17) is 4.42 Å². The average Bonchev–Trinajstić information content (AvgIpc) is 3.83. The summed E-state index contributed by atoms with van der Waals surface area (Å²) < 4.78 is 8.98. The fraction of sp³-hybridized carbons (Fsp3) is 0. The Morgan fingerprint density at radius 2 is 0.786 bits per heavy atom. The summed E-state index contributed by atoms with van der Waals surface area (Å²) >= 11 is 0. The Hall–Kier alpha value is -7.42. The summed E-state index contributed by atoms with van der Waals surface area (Å²) in [6, 6.07) is 76.5. The maximum atomic E-state index is 6.59. The van der Waals surface area contributed by atoms with Crippen molar-refractivity contribution in [1.82, 2.24) is 4.57 Å². The zero-order valence-electron chi connectivity index (χ0n) is 30.6. The van der Waals surface area contributed by atoms with E-state index in [1.54, 1.807) is 0 Å². The first kappa shape index (κ1) is 32.0. The highest BCUT2D eigenvalue weighted by atomic mass is 16.3. The van der Waals surface area contributed by atoms with Gasteiger partial charge in [0.05, 0.1) is 11.0 Å². The highest BCUT2D eigenvalue weighted by molar-refractivity contribution is 6.12. The van der Waals surface area contributed by atoms with Crippen molar-refractivity contribution in [3.05, 3.63) is 212 Å². The molecule has 0 amide bonds. The maximum absolute atomic E-state index is 6.59. The van der Waals surface area contributed by atoms with E-state index in [-0.39, 0.29) is 0 Å². The Balaban J connectivity index is 1.10. The van der Waals surface area contributed by atoms with Gasteiger partial charge >= 0.3 is 0 Å². The van der Waals surface area contributed by atoms with Gasteiger partial charge in [0, 0.05) is 32.8 Å². The van der Waals surface area contributed by atoms with Crippen molar-refractivity contribution in [2.24, 2.45) is 0 Å². The Morgan fingerprint density at radius 3 is 1.55 bits per heavy atom. The molecule has 0 aliphatic carbocycles. The van der Waals surface area contributed by atoms with Crippen LogP contribution in [-0.2, 0) is 0 Å². The minimum absolute atomic E-state index is 0.901. The monoisotopic (exact) mass is 713 g/mol. The molecule has 0 N–H and O–H groups in total. The standard InChI is InChI=1S/C54H35NO/c1-3-13-36(14-4-1)38-25-28-45(29-26-38)55-51-23-9-7-19-47(51)50-35-41(27-30-52(50)55)43-32-42(40-18-11-17-39(31-40)37-15-5-2-6-16-37)33-44(34-43)46-21-12-22-49-48-20-8-10-24-53(48)56-54(46)49/h1-35H. The van der Waals surface area contributed by atoms with Gasteiger partial charge in [-0.25, -0.2) is 0 Å². The number of hydrogen-bond acceptors (Lipinski definition) is 1. The summed E-state index contributed by atoms with van der Waals surface area (Å²) in [5.41, 5.74) is 17.0. The van der Waals surface area contributed by atoms with Gasteiger partial charge in [-0.05, 0) is 111 Å². The second kappa shape index (κ2) is 13.2. The van der Waals surface area contributed by atoms with E-state index in [1.165, 1.54) is 55.2 Å². The van der Waals surface area contributed by atoms with Gasteiger partial charge < -0.3 is 8.98 Å². The minimum atomic E-state index is 0.901. The number of furan rings is 1. The van der Waals surface area contributed by atoms with E-state index >= 15 is 0 Å². The molecule has 0 bridgehead atoms.